The van der Waals surface area contributed by atoms with Crippen molar-refractivity contribution in [2.24, 2.45) is 0 Å². The number of nitrogens with zero attached hydrogens (tertiary/aromatic N) is 4. The molecule has 0 radical (unpaired) electrons. The molecule has 80 valence electrons. The van der Waals surface area contributed by atoms with Gasteiger partial charge in [0, 0.05) is 24.9 Å². The first kappa shape index (κ1) is 10.2. The normalized spacial score (nSPS) is 10.7. The van der Waals surface area contributed by atoms with Crippen LogP contribution in [0.2, 0.25) is 0 Å². The second kappa shape index (κ2) is 4.94. The third-order valence-electron chi connectivity index (χ3n) is 1.80. The quantitative estimate of drug-likeness (QED) is 0.749. The molecule has 0 bridgehead atoms. The van der Waals surface area contributed by atoms with Crippen molar-refractivity contribution < 1.29 is 4.52 Å². The fourth-order valence-electron chi connectivity index (χ4n) is 1.11. The van der Waals surface area contributed by atoms with Gasteiger partial charge >= 0.3 is 0 Å². The van der Waals surface area contributed by atoms with Gasteiger partial charge in [0.2, 0.25) is 5.89 Å². The monoisotopic (exact) mass is 225 g/mol. The van der Waals surface area contributed by atoms with Gasteiger partial charge in [-0.25, -0.2) is 0 Å². The van der Waals surface area contributed by atoms with Crippen LogP contribution in [0.4, 0.5) is 0 Å². The topological polar surface area (TPSA) is 76.7 Å². The van der Waals surface area contributed by atoms with E-state index in [1.54, 1.807) is 6.92 Å². The molecule has 0 atom stereocenters. The molecular weight excluding hydrogens is 214 g/mol. The summed E-state index contributed by atoms with van der Waals surface area (Å²) in [5.74, 6) is 1.34. The fourth-order valence-corrected chi connectivity index (χ4v) is 1.57. The Morgan fingerprint density at radius 3 is 3.13 bits per heavy atom. The fraction of sp³-hybridized carbons (Fsp3) is 0.500. The molecule has 2 aromatic heterocycles. The average Bonchev–Trinajstić information content (AvgIpc) is 2.84. The summed E-state index contributed by atoms with van der Waals surface area (Å²) in [5.41, 5.74) is 0.960. The van der Waals surface area contributed by atoms with Crippen LogP contribution in [0.3, 0.4) is 0 Å². The van der Waals surface area contributed by atoms with Crippen LogP contribution in [0, 0.1) is 6.92 Å². The molecule has 0 unspecified atom stereocenters. The van der Waals surface area contributed by atoms with Gasteiger partial charge in [-0.05, 0) is 18.5 Å². The Hall–Kier alpha value is -1.34. The maximum Gasteiger partial charge on any atom is 0.227 e. The third-order valence-corrected chi connectivity index (χ3v) is 2.35. The molecule has 2 aromatic rings. The molecule has 2 heterocycles. The molecule has 0 aromatic carbocycles. The van der Waals surface area contributed by atoms with Crippen LogP contribution in [0.5, 0.6) is 0 Å². The zero-order valence-corrected chi connectivity index (χ0v) is 9.12. The van der Waals surface area contributed by atoms with E-state index >= 15 is 0 Å². The smallest absolute Gasteiger partial charge is 0.227 e. The van der Waals surface area contributed by atoms with E-state index in [4.69, 9.17) is 4.52 Å². The van der Waals surface area contributed by atoms with Crippen molar-refractivity contribution in [1.29, 1.82) is 0 Å². The summed E-state index contributed by atoms with van der Waals surface area (Å²) in [5, 5.41) is 12.8. The molecule has 7 heteroatoms. The first-order chi connectivity index (χ1) is 7.34. The summed E-state index contributed by atoms with van der Waals surface area (Å²) in [7, 11) is 0. The van der Waals surface area contributed by atoms with E-state index in [2.05, 4.69) is 25.0 Å². The van der Waals surface area contributed by atoms with Crippen LogP contribution < -0.4 is 5.32 Å². The highest BCUT2D eigenvalue weighted by Crippen LogP contribution is 1.97. The average molecular weight is 225 g/mol. The summed E-state index contributed by atoms with van der Waals surface area (Å²) in [4.78, 5) is 4.10. The minimum absolute atomic E-state index is 0.663. The molecule has 0 saturated carbocycles. The van der Waals surface area contributed by atoms with E-state index in [1.807, 2.05) is 5.38 Å². The van der Waals surface area contributed by atoms with Gasteiger partial charge in [0.1, 0.15) is 0 Å². The summed E-state index contributed by atoms with van der Waals surface area (Å²) < 4.78 is 8.75. The van der Waals surface area contributed by atoms with E-state index < -0.39 is 0 Å². The van der Waals surface area contributed by atoms with E-state index in [9.17, 15) is 0 Å². The summed E-state index contributed by atoms with van der Waals surface area (Å²) >= 11 is 1.36. The minimum atomic E-state index is 0.663. The molecule has 0 spiro atoms. The van der Waals surface area contributed by atoms with Crippen molar-refractivity contribution in [2.45, 2.75) is 19.9 Å². The maximum absolute atomic E-state index is 4.97. The van der Waals surface area contributed by atoms with Gasteiger partial charge in [-0.3, -0.25) is 0 Å². The molecule has 0 aliphatic heterocycles. The van der Waals surface area contributed by atoms with Crippen LogP contribution >= 0.6 is 11.5 Å². The SMILES string of the molecule is Cc1noc(CCNCc2csnn2)n1. The first-order valence-electron chi connectivity index (χ1n) is 4.60. The van der Waals surface area contributed by atoms with Gasteiger partial charge < -0.3 is 9.84 Å². The maximum atomic E-state index is 4.97. The Bertz CT molecular complexity index is 399. The number of rotatable bonds is 5. The molecular formula is C8H11N5OS. The van der Waals surface area contributed by atoms with Crippen LogP contribution in [0.15, 0.2) is 9.90 Å². The molecule has 0 fully saturated rings. The Labute approximate surface area is 90.9 Å². The van der Waals surface area contributed by atoms with Gasteiger partial charge in [-0.15, -0.1) is 5.10 Å². The van der Waals surface area contributed by atoms with E-state index in [0.29, 0.717) is 11.7 Å². The van der Waals surface area contributed by atoms with Crippen molar-refractivity contribution >= 4 is 11.5 Å². The van der Waals surface area contributed by atoms with Gasteiger partial charge in [-0.1, -0.05) is 9.64 Å². The lowest BCUT2D eigenvalue weighted by Crippen LogP contribution is -2.17. The first-order valence-corrected chi connectivity index (χ1v) is 5.44. The molecule has 0 amide bonds. The predicted octanol–water partition coefficient (Wildman–Crippen LogP) is 0.562. The standard InChI is InChI=1S/C8H11N5OS/c1-6-10-8(14-12-6)2-3-9-4-7-5-15-13-11-7/h5,9H,2-4H2,1H3. The van der Waals surface area contributed by atoms with Crippen molar-refractivity contribution in [3.63, 3.8) is 0 Å². The van der Waals surface area contributed by atoms with Gasteiger partial charge in [-0.2, -0.15) is 4.98 Å². The summed E-state index contributed by atoms with van der Waals surface area (Å²) in [6, 6.07) is 0. The van der Waals surface area contributed by atoms with E-state index in [1.165, 1.54) is 11.5 Å². The highest BCUT2D eigenvalue weighted by molar-refractivity contribution is 7.03. The third kappa shape index (κ3) is 3.07. The largest absolute Gasteiger partial charge is 0.339 e. The minimum Gasteiger partial charge on any atom is -0.339 e. The Kier molecular flexibility index (Phi) is 3.36. The lowest BCUT2D eigenvalue weighted by atomic mass is 10.4. The lowest BCUT2D eigenvalue weighted by molar-refractivity contribution is 0.372. The Balaban J connectivity index is 1.67. The van der Waals surface area contributed by atoms with Crippen LogP contribution in [0.1, 0.15) is 17.4 Å². The summed E-state index contributed by atoms with van der Waals surface area (Å²) in [6.45, 7) is 3.32. The van der Waals surface area contributed by atoms with Crippen molar-refractivity contribution in [2.75, 3.05) is 6.54 Å². The summed E-state index contributed by atoms with van der Waals surface area (Å²) in [6.07, 6.45) is 0.735. The zero-order chi connectivity index (χ0) is 10.5. The molecule has 1 N–H and O–H groups in total. The van der Waals surface area contributed by atoms with Crippen molar-refractivity contribution in [1.82, 2.24) is 25.0 Å². The number of hydrogen-bond acceptors (Lipinski definition) is 7. The number of hydrogen-bond donors (Lipinski definition) is 1. The molecule has 15 heavy (non-hydrogen) atoms. The van der Waals surface area contributed by atoms with Crippen molar-refractivity contribution in [3.05, 3.63) is 22.8 Å². The zero-order valence-electron chi connectivity index (χ0n) is 8.30. The molecule has 0 aliphatic carbocycles. The lowest BCUT2D eigenvalue weighted by Gasteiger charge is -1.98. The Morgan fingerprint density at radius 1 is 1.53 bits per heavy atom. The Morgan fingerprint density at radius 2 is 2.47 bits per heavy atom. The number of aryl methyl sites for hydroxylation is 1. The van der Waals surface area contributed by atoms with Gasteiger partial charge in [0.15, 0.2) is 5.82 Å². The van der Waals surface area contributed by atoms with Crippen LogP contribution in [0.25, 0.3) is 0 Å². The number of aromatic nitrogens is 4. The van der Waals surface area contributed by atoms with Gasteiger partial charge in [0.05, 0.1) is 5.69 Å². The highest BCUT2D eigenvalue weighted by atomic mass is 32.1. The highest BCUT2D eigenvalue weighted by Gasteiger charge is 2.01. The molecule has 6 nitrogen and oxygen atoms in total. The second-order valence-corrected chi connectivity index (χ2v) is 3.67. The van der Waals surface area contributed by atoms with Crippen LogP contribution in [-0.4, -0.2) is 26.3 Å². The van der Waals surface area contributed by atoms with E-state index in [-0.39, 0.29) is 0 Å². The van der Waals surface area contributed by atoms with Crippen molar-refractivity contribution in [3.8, 4) is 0 Å². The van der Waals surface area contributed by atoms with Gasteiger partial charge in [0.25, 0.3) is 0 Å². The molecule has 2 rings (SSSR count). The van der Waals surface area contributed by atoms with E-state index in [0.717, 1.165) is 25.2 Å². The van der Waals surface area contributed by atoms with Crippen LogP contribution in [-0.2, 0) is 13.0 Å². The number of nitrogens with one attached hydrogen (secondary N) is 1. The predicted molar refractivity (Wildman–Crippen MR) is 54.4 cm³/mol. The second-order valence-electron chi connectivity index (χ2n) is 3.06. The molecule has 0 aliphatic rings. The molecule has 0 saturated heterocycles.